The number of carbonyl (C=O) groups is 2. The van der Waals surface area contributed by atoms with Crippen molar-refractivity contribution < 1.29 is 24.2 Å². The number of likely N-dealkylation sites (tertiary alicyclic amines) is 1. The van der Waals surface area contributed by atoms with Crippen LogP contribution >= 0.6 is 0 Å². The highest BCUT2D eigenvalue weighted by atomic mass is 16.6. The summed E-state index contributed by atoms with van der Waals surface area (Å²) in [5, 5.41) is 9.34. The van der Waals surface area contributed by atoms with Gasteiger partial charge in [0, 0.05) is 6.54 Å². The molecule has 132 valence electrons. The lowest BCUT2D eigenvalue weighted by Gasteiger charge is -2.36. The molecule has 0 aromatic heterocycles. The molecule has 0 bridgehead atoms. The van der Waals surface area contributed by atoms with E-state index in [9.17, 15) is 14.7 Å². The van der Waals surface area contributed by atoms with Gasteiger partial charge in [-0.3, -0.25) is 4.79 Å². The van der Waals surface area contributed by atoms with E-state index in [1.807, 2.05) is 30.3 Å². The molecule has 2 atom stereocenters. The monoisotopic (exact) mass is 335 g/mol. The van der Waals surface area contributed by atoms with Gasteiger partial charge in [-0.25, -0.2) is 4.79 Å². The van der Waals surface area contributed by atoms with Crippen molar-refractivity contribution in [1.29, 1.82) is 0 Å². The second-order valence-electron chi connectivity index (χ2n) is 7.07. The molecule has 1 aromatic rings. The summed E-state index contributed by atoms with van der Waals surface area (Å²) in [5.74, 6) is -1.57. The quantitative estimate of drug-likeness (QED) is 0.915. The number of hydrogen-bond acceptors (Lipinski definition) is 4. The summed E-state index contributed by atoms with van der Waals surface area (Å²) in [7, 11) is 0. The van der Waals surface area contributed by atoms with Crippen LogP contribution in [-0.2, 0) is 20.9 Å². The Hall–Kier alpha value is -2.08. The number of carboxylic acids is 1. The predicted octanol–water partition coefficient (Wildman–Crippen LogP) is 2.91. The molecule has 6 heteroatoms. The maximum atomic E-state index is 12.3. The van der Waals surface area contributed by atoms with E-state index in [-0.39, 0.29) is 12.6 Å². The highest BCUT2D eigenvalue weighted by Crippen LogP contribution is 2.22. The molecule has 0 spiro atoms. The predicted molar refractivity (Wildman–Crippen MR) is 88.6 cm³/mol. The molecule has 1 aliphatic heterocycles. The number of piperidine rings is 1. The Morgan fingerprint density at radius 1 is 1.21 bits per heavy atom. The Labute approximate surface area is 142 Å². The first-order valence-corrected chi connectivity index (χ1v) is 8.11. The van der Waals surface area contributed by atoms with Crippen molar-refractivity contribution >= 4 is 12.1 Å². The van der Waals surface area contributed by atoms with Crippen molar-refractivity contribution in [2.24, 2.45) is 5.92 Å². The Bertz CT molecular complexity index is 567. The number of nitrogens with zero attached hydrogens (tertiary/aromatic N) is 1. The molecule has 6 nitrogen and oxygen atoms in total. The van der Waals surface area contributed by atoms with Gasteiger partial charge in [0.15, 0.2) is 0 Å². The zero-order valence-corrected chi connectivity index (χ0v) is 14.4. The van der Waals surface area contributed by atoms with Crippen LogP contribution in [0.3, 0.4) is 0 Å². The van der Waals surface area contributed by atoms with Crippen molar-refractivity contribution in [3.8, 4) is 0 Å². The molecule has 1 aromatic carbocycles. The second-order valence-corrected chi connectivity index (χ2v) is 7.07. The van der Waals surface area contributed by atoms with E-state index in [0.29, 0.717) is 19.6 Å². The lowest BCUT2D eigenvalue weighted by atomic mass is 9.96. The maximum absolute atomic E-state index is 12.3. The highest BCUT2D eigenvalue weighted by Gasteiger charge is 2.36. The average Bonchev–Trinajstić information content (AvgIpc) is 2.52. The van der Waals surface area contributed by atoms with Crippen LogP contribution in [0.25, 0.3) is 0 Å². The van der Waals surface area contributed by atoms with Crippen molar-refractivity contribution in [2.45, 2.75) is 45.5 Å². The maximum Gasteiger partial charge on any atom is 0.410 e. The molecule has 0 radical (unpaired) electrons. The van der Waals surface area contributed by atoms with Crippen LogP contribution in [-0.4, -0.2) is 46.9 Å². The van der Waals surface area contributed by atoms with Gasteiger partial charge < -0.3 is 19.5 Å². The number of amides is 1. The number of ether oxygens (including phenoxy) is 2. The van der Waals surface area contributed by atoms with Gasteiger partial charge in [-0.15, -0.1) is 0 Å². The minimum absolute atomic E-state index is 0.148. The Morgan fingerprint density at radius 3 is 2.46 bits per heavy atom. The normalized spacial score (nSPS) is 21.4. The Morgan fingerprint density at radius 2 is 1.88 bits per heavy atom. The zero-order valence-electron chi connectivity index (χ0n) is 14.4. The fourth-order valence-electron chi connectivity index (χ4n) is 2.62. The first-order valence-electron chi connectivity index (χ1n) is 8.11. The molecule has 0 unspecified atom stereocenters. The van der Waals surface area contributed by atoms with Crippen molar-refractivity contribution in [1.82, 2.24) is 4.90 Å². The largest absolute Gasteiger partial charge is 0.481 e. The molecule has 1 aliphatic rings. The number of aliphatic carboxylic acids is 1. The highest BCUT2D eigenvalue weighted by molar-refractivity contribution is 5.73. The first kappa shape index (κ1) is 18.3. The van der Waals surface area contributed by atoms with Crippen molar-refractivity contribution in [2.75, 3.05) is 13.1 Å². The molecule has 0 saturated carbocycles. The molecular weight excluding hydrogens is 310 g/mol. The molecule has 2 rings (SSSR count). The first-order chi connectivity index (χ1) is 11.2. The van der Waals surface area contributed by atoms with E-state index in [0.717, 1.165) is 5.56 Å². The van der Waals surface area contributed by atoms with Crippen LogP contribution in [0.4, 0.5) is 4.79 Å². The molecular formula is C18H25NO5. The molecule has 24 heavy (non-hydrogen) atoms. The van der Waals surface area contributed by atoms with Gasteiger partial charge in [-0.1, -0.05) is 30.3 Å². The summed E-state index contributed by atoms with van der Waals surface area (Å²) >= 11 is 0. The number of hydrogen-bond donors (Lipinski definition) is 1. The lowest BCUT2D eigenvalue weighted by Crippen LogP contribution is -2.50. The fraction of sp³-hybridized carbons (Fsp3) is 0.556. The van der Waals surface area contributed by atoms with Gasteiger partial charge in [-0.2, -0.15) is 0 Å². The van der Waals surface area contributed by atoms with Crippen LogP contribution < -0.4 is 0 Å². The molecule has 1 saturated heterocycles. The number of rotatable bonds is 4. The van der Waals surface area contributed by atoms with Crippen LogP contribution in [0.1, 0.15) is 32.8 Å². The van der Waals surface area contributed by atoms with E-state index < -0.39 is 23.6 Å². The molecule has 0 aliphatic carbocycles. The van der Waals surface area contributed by atoms with E-state index in [4.69, 9.17) is 9.47 Å². The van der Waals surface area contributed by atoms with Gasteiger partial charge in [0.2, 0.25) is 0 Å². The summed E-state index contributed by atoms with van der Waals surface area (Å²) in [4.78, 5) is 25.1. The van der Waals surface area contributed by atoms with E-state index in [2.05, 4.69) is 0 Å². The van der Waals surface area contributed by atoms with E-state index >= 15 is 0 Å². The average molecular weight is 335 g/mol. The third-order valence-electron chi connectivity index (χ3n) is 3.74. The van der Waals surface area contributed by atoms with Crippen LogP contribution in [0.15, 0.2) is 30.3 Å². The molecule has 1 N–H and O–H groups in total. The molecule has 1 fully saturated rings. The third kappa shape index (κ3) is 5.53. The second kappa shape index (κ2) is 7.66. The van der Waals surface area contributed by atoms with Crippen molar-refractivity contribution in [3.63, 3.8) is 0 Å². The third-order valence-corrected chi connectivity index (χ3v) is 3.74. The van der Waals surface area contributed by atoms with Gasteiger partial charge in [-0.05, 0) is 32.8 Å². The van der Waals surface area contributed by atoms with Crippen LogP contribution in [0.5, 0.6) is 0 Å². The Kier molecular flexibility index (Phi) is 5.83. The standard InChI is InChI=1S/C18H25NO5/c1-18(2,3)24-17(22)19-10-14(16(20)21)9-15(11-19)23-12-13-7-5-4-6-8-13/h4-8,14-15H,9-12H2,1-3H3,(H,20,21)/t14-,15+/m1/s1. The van der Waals surface area contributed by atoms with E-state index in [1.54, 1.807) is 20.8 Å². The minimum Gasteiger partial charge on any atom is -0.481 e. The number of carboxylic acid groups (broad SMARTS) is 1. The number of carbonyl (C=O) groups excluding carboxylic acids is 1. The van der Waals surface area contributed by atoms with Gasteiger partial charge in [0.1, 0.15) is 5.60 Å². The zero-order chi connectivity index (χ0) is 17.7. The van der Waals surface area contributed by atoms with Crippen molar-refractivity contribution in [3.05, 3.63) is 35.9 Å². The lowest BCUT2D eigenvalue weighted by molar-refractivity contribution is -0.146. The molecule has 1 heterocycles. The smallest absolute Gasteiger partial charge is 0.410 e. The topological polar surface area (TPSA) is 76.1 Å². The van der Waals surface area contributed by atoms with Crippen LogP contribution in [0.2, 0.25) is 0 Å². The molecule has 1 amide bonds. The van der Waals surface area contributed by atoms with Gasteiger partial charge >= 0.3 is 12.1 Å². The number of benzene rings is 1. The minimum atomic E-state index is -0.920. The summed E-state index contributed by atoms with van der Waals surface area (Å²) in [5.41, 5.74) is 0.395. The van der Waals surface area contributed by atoms with Gasteiger partial charge in [0.05, 0.1) is 25.2 Å². The fourth-order valence-corrected chi connectivity index (χ4v) is 2.62. The summed E-state index contributed by atoms with van der Waals surface area (Å²) in [6.07, 6.45) is -0.434. The van der Waals surface area contributed by atoms with E-state index in [1.165, 1.54) is 4.90 Å². The SMILES string of the molecule is CC(C)(C)OC(=O)N1C[C@@H](OCc2ccccc2)C[C@@H](C(=O)O)C1. The van der Waals surface area contributed by atoms with Crippen LogP contribution in [0, 0.1) is 5.92 Å². The van der Waals surface area contributed by atoms with Gasteiger partial charge in [0.25, 0.3) is 0 Å². The Balaban J connectivity index is 2.00. The summed E-state index contributed by atoms with van der Waals surface area (Å²) < 4.78 is 11.2. The summed E-state index contributed by atoms with van der Waals surface area (Å²) in [6.45, 7) is 6.23. The summed E-state index contributed by atoms with van der Waals surface area (Å²) in [6, 6.07) is 9.67.